The molecule has 0 saturated carbocycles. The minimum Gasteiger partial charge on any atom is -0.322 e. The molecule has 0 atom stereocenters. The molecule has 2 amide bonds. The molecule has 0 spiro atoms. The highest BCUT2D eigenvalue weighted by atomic mass is 16.2. The van der Waals surface area contributed by atoms with Crippen molar-refractivity contribution in [2.45, 2.75) is 52.4 Å². The predicted molar refractivity (Wildman–Crippen MR) is 140 cm³/mol. The molecule has 0 heterocycles. The monoisotopic (exact) mass is 455 g/mol. The number of nitrogens with zero attached hydrogens (tertiary/aromatic N) is 1. The van der Waals surface area contributed by atoms with E-state index in [9.17, 15) is 9.59 Å². The molecule has 3 aromatic carbocycles. The number of benzene rings is 3. The number of nitrogens with one attached hydrogen (secondary N) is 2. The first-order valence-electron chi connectivity index (χ1n) is 11.7. The van der Waals surface area contributed by atoms with Gasteiger partial charge in [0.2, 0.25) is 0 Å². The number of rotatable bonds is 8. The Morgan fingerprint density at radius 1 is 0.765 bits per heavy atom. The van der Waals surface area contributed by atoms with Gasteiger partial charge in [0.25, 0.3) is 11.8 Å². The molecule has 0 aromatic heterocycles. The second-order valence-corrected chi connectivity index (χ2v) is 9.33. The van der Waals surface area contributed by atoms with E-state index in [1.807, 2.05) is 54.6 Å². The van der Waals surface area contributed by atoms with Gasteiger partial charge < -0.3 is 5.32 Å². The Morgan fingerprint density at radius 2 is 1.35 bits per heavy atom. The number of unbranched alkanes of at least 4 members (excludes halogenated alkanes) is 1. The normalized spacial score (nSPS) is 11.7. The van der Waals surface area contributed by atoms with Crippen LogP contribution in [0.4, 0.5) is 5.69 Å². The first kappa shape index (κ1) is 24.9. The number of hydrazone groups is 1. The molecular formula is C29H33N3O2. The van der Waals surface area contributed by atoms with Gasteiger partial charge in [-0.15, -0.1) is 0 Å². The predicted octanol–water partition coefficient (Wildman–Crippen LogP) is 6.56. The number of carbonyl (C=O) groups is 2. The summed E-state index contributed by atoms with van der Waals surface area (Å²) in [6, 6.07) is 24.3. The van der Waals surface area contributed by atoms with E-state index >= 15 is 0 Å². The molecule has 5 nitrogen and oxygen atoms in total. The van der Waals surface area contributed by atoms with Crippen LogP contribution >= 0.6 is 0 Å². The Hall–Kier alpha value is -3.73. The third kappa shape index (κ3) is 6.88. The van der Waals surface area contributed by atoms with E-state index in [0.717, 1.165) is 30.5 Å². The fraction of sp³-hybridized carbons (Fsp3) is 0.276. The van der Waals surface area contributed by atoms with Gasteiger partial charge in [-0.2, -0.15) is 5.10 Å². The van der Waals surface area contributed by atoms with Gasteiger partial charge in [-0.05, 0) is 65.8 Å². The number of anilines is 1. The highest BCUT2D eigenvalue weighted by Gasteiger charge is 2.14. The number of hydrogen-bond acceptors (Lipinski definition) is 3. The Labute approximate surface area is 202 Å². The first-order valence-corrected chi connectivity index (χ1v) is 11.7. The summed E-state index contributed by atoms with van der Waals surface area (Å²) in [5.41, 5.74) is 7.43. The lowest BCUT2D eigenvalue weighted by molar-refractivity contribution is 0.0954. The fourth-order valence-corrected chi connectivity index (χ4v) is 3.45. The van der Waals surface area contributed by atoms with Gasteiger partial charge in [0, 0.05) is 16.8 Å². The lowest BCUT2D eigenvalue weighted by Crippen LogP contribution is -2.20. The van der Waals surface area contributed by atoms with E-state index in [1.165, 1.54) is 5.56 Å². The van der Waals surface area contributed by atoms with Crippen molar-refractivity contribution in [1.82, 2.24) is 5.43 Å². The van der Waals surface area contributed by atoms with Gasteiger partial charge in [0.05, 0.1) is 5.71 Å². The zero-order valence-electron chi connectivity index (χ0n) is 20.4. The topological polar surface area (TPSA) is 70.6 Å². The standard InChI is InChI=1S/C29H33N3O2/c1-5-6-12-26(21-10-8-7-9-11-21)31-32-28(34)23-15-19-25(20-16-23)30-27(33)22-13-17-24(18-14-22)29(2,3)4/h7-11,13-20H,5-6,12H2,1-4H3,(H,30,33)(H,32,34)/b31-26+. The summed E-state index contributed by atoms with van der Waals surface area (Å²) >= 11 is 0. The largest absolute Gasteiger partial charge is 0.322 e. The van der Waals surface area contributed by atoms with Crippen LogP contribution in [0.3, 0.4) is 0 Å². The van der Waals surface area contributed by atoms with Crippen molar-refractivity contribution >= 4 is 23.2 Å². The zero-order valence-corrected chi connectivity index (χ0v) is 20.4. The van der Waals surface area contributed by atoms with Crippen LogP contribution in [0.25, 0.3) is 0 Å². The zero-order chi connectivity index (χ0) is 24.6. The third-order valence-corrected chi connectivity index (χ3v) is 5.58. The number of hydrogen-bond donors (Lipinski definition) is 2. The van der Waals surface area contributed by atoms with Crippen LogP contribution in [0.5, 0.6) is 0 Å². The quantitative estimate of drug-likeness (QED) is 0.298. The summed E-state index contributed by atoms with van der Waals surface area (Å²) in [4.78, 5) is 25.2. The lowest BCUT2D eigenvalue weighted by Gasteiger charge is -2.19. The molecule has 0 aliphatic carbocycles. The molecule has 0 aliphatic rings. The van der Waals surface area contributed by atoms with Crippen molar-refractivity contribution in [3.63, 3.8) is 0 Å². The van der Waals surface area contributed by atoms with E-state index in [2.05, 4.69) is 43.5 Å². The summed E-state index contributed by atoms with van der Waals surface area (Å²) in [6.45, 7) is 8.54. The Balaban J connectivity index is 1.63. The minimum atomic E-state index is -0.291. The fourth-order valence-electron chi connectivity index (χ4n) is 3.45. The Bertz CT molecular complexity index is 1130. The molecule has 3 aromatic rings. The molecule has 0 fully saturated rings. The second kappa shape index (κ2) is 11.4. The molecule has 5 heteroatoms. The lowest BCUT2D eigenvalue weighted by atomic mass is 9.87. The number of amides is 2. The van der Waals surface area contributed by atoms with Gasteiger partial charge in [0.15, 0.2) is 0 Å². The van der Waals surface area contributed by atoms with Crippen molar-refractivity contribution < 1.29 is 9.59 Å². The van der Waals surface area contributed by atoms with E-state index < -0.39 is 0 Å². The molecule has 2 N–H and O–H groups in total. The van der Waals surface area contributed by atoms with Gasteiger partial charge in [-0.3, -0.25) is 9.59 Å². The van der Waals surface area contributed by atoms with E-state index in [4.69, 9.17) is 0 Å². The van der Waals surface area contributed by atoms with Crippen LogP contribution in [0.2, 0.25) is 0 Å². The van der Waals surface area contributed by atoms with Crippen LogP contribution in [0.15, 0.2) is 84.0 Å². The van der Waals surface area contributed by atoms with Crippen LogP contribution in [0.1, 0.15) is 78.8 Å². The van der Waals surface area contributed by atoms with Crippen molar-refractivity contribution in [3.8, 4) is 0 Å². The molecule has 3 rings (SSSR count). The maximum absolute atomic E-state index is 12.6. The first-order chi connectivity index (χ1) is 16.3. The maximum Gasteiger partial charge on any atom is 0.271 e. The highest BCUT2D eigenvalue weighted by Crippen LogP contribution is 2.22. The van der Waals surface area contributed by atoms with Crippen LogP contribution in [-0.2, 0) is 5.41 Å². The summed E-state index contributed by atoms with van der Waals surface area (Å²) in [7, 11) is 0. The highest BCUT2D eigenvalue weighted by molar-refractivity contribution is 6.05. The molecule has 34 heavy (non-hydrogen) atoms. The van der Waals surface area contributed by atoms with Gasteiger partial charge in [-0.1, -0.05) is 76.6 Å². The molecule has 176 valence electrons. The van der Waals surface area contributed by atoms with Gasteiger partial charge in [0.1, 0.15) is 0 Å². The smallest absolute Gasteiger partial charge is 0.271 e. The average Bonchev–Trinajstić information content (AvgIpc) is 2.84. The van der Waals surface area contributed by atoms with Crippen molar-refractivity contribution in [1.29, 1.82) is 0 Å². The third-order valence-electron chi connectivity index (χ3n) is 5.58. The summed E-state index contributed by atoms with van der Waals surface area (Å²) in [6.07, 6.45) is 2.84. The van der Waals surface area contributed by atoms with E-state index in [1.54, 1.807) is 24.3 Å². The molecule has 0 unspecified atom stereocenters. The Kier molecular flexibility index (Phi) is 8.36. The van der Waals surface area contributed by atoms with Gasteiger partial charge >= 0.3 is 0 Å². The SMILES string of the molecule is CCCC/C(=N\NC(=O)c1ccc(NC(=O)c2ccc(C(C)(C)C)cc2)cc1)c1ccccc1. The molecule has 0 saturated heterocycles. The molecule has 0 aliphatic heterocycles. The minimum absolute atomic E-state index is 0.0350. The van der Waals surface area contributed by atoms with E-state index in [-0.39, 0.29) is 17.2 Å². The molecule has 0 radical (unpaired) electrons. The Morgan fingerprint density at radius 3 is 1.94 bits per heavy atom. The average molecular weight is 456 g/mol. The summed E-state index contributed by atoms with van der Waals surface area (Å²) < 4.78 is 0. The van der Waals surface area contributed by atoms with Crippen molar-refractivity contribution in [2.75, 3.05) is 5.32 Å². The summed E-state index contributed by atoms with van der Waals surface area (Å²) in [5.74, 6) is -0.480. The van der Waals surface area contributed by atoms with Crippen LogP contribution in [0, 0.1) is 0 Å². The van der Waals surface area contributed by atoms with Crippen LogP contribution in [-0.4, -0.2) is 17.5 Å². The van der Waals surface area contributed by atoms with Crippen molar-refractivity contribution in [2.24, 2.45) is 5.10 Å². The molecular weight excluding hydrogens is 422 g/mol. The van der Waals surface area contributed by atoms with Gasteiger partial charge in [-0.25, -0.2) is 5.43 Å². The van der Waals surface area contributed by atoms with Crippen molar-refractivity contribution in [3.05, 3.63) is 101 Å². The summed E-state index contributed by atoms with van der Waals surface area (Å²) in [5, 5.41) is 7.27. The maximum atomic E-state index is 12.6. The van der Waals surface area contributed by atoms with E-state index in [0.29, 0.717) is 16.8 Å². The molecule has 0 bridgehead atoms. The second-order valence-electron chi connectivity index (χ2n) is 9.33. The number of carbonyl (C=O) groups excluding carboxylic acids is 2. The van der Waals surface area contributed by atoms with Crippen LogP contribution < -0.4 is 10.7 Å².